The number of rotatable bonds is 2. The fraction of sp³-hybridized carbons (Fsp3) is 0.769. The van der Waals surface area contributed by atoms with Gasteiger partial charge in [-0.1, -0.05) is 13.8 Å². The Hall–Kier alpha value is -1.86. The molecule has 0 unspecified atom stereocenters. The normalized spacial score (nSPS) is 62.7. The molecule has 0 aromatic heterocycles. The zero-order chi connectivity index (χ0) is 26.8. The van der Waals surface area contributed by atoms with E-state index in [1.165, 1.54) is 33.1 Å². The second-order valence-corrected chi connectivity index (χ2v) is 12.6. The van der Waals surface area contributed by atoms with E-state index in [1.807, 2.05) is 6.92 Å². The van der Waals surface area contributed by atoms with E-state index in [-0.39, 0.29) is 12.3 Å². The van der Waals surface area contributed by atoms with Gasteiger partial charge in [-0.3, -0.25) is 0 Å². The third-order valence-corrected chi connectivity index (χ3v) is 11.3. The van der Waals surface area contributed by atoms with Crippen LogP contribution in [0, 0.1) is 22.7 Å². The summed E-state index contributed by atoms with van der Waals surface area (Å²) >= 11 is 0. The molecular formula is C26H32O11. The average Bonchev–Trinajstić information content (AvgIpc) is 3.18. The van der Waals surface area contributed by atoms with Crippen LogP contribution >= 0.6 is 0 Å². The van der Waals surface area contributed by atoms with Crippen molar-refractivity contribution in [2.24, 2.45) is 22.7 Å². The molecule has 7 aliphatic rings. The molecule has 4 N–H and O–H groups in total. The van der Waals surface area contributed by atoms with Gasteiger partial charge >= 0.3 is 11.9 Å². The Kier molecular flexibility index (Phi) is 4.12. The van der Waals surface area contributed by atoms with Gasteiger partial charge in [0, 0.05) is 29.9 Å². The Bertz CT molecular complexity index is 1210. The van der Waals surface area contributed by atoms with Crippen LogP contribution in [0.25, 0.3) is 0 Å². The first kappa shape index (κ1) is 24.2. The number of carbonyl (C=O) groups excluding carboxylic acids is 2. The molecule has 2 saturated carbocycles. The zero-order valence-electron chi connectivity index (χ0n) is 21.3. The SMILES string of the molecule is CO[C@@H]1C=C([C@@H]2C[C@H]3O[C@@]34[C@@]2(C)C[C@H]2O[C@@]3(O)C=C[C@]5(C)OC(=O)[C@H](O)[C@]5(O)[C@@]3(C)[C@@H]2[C@@]4(C)O)C(=O)O1. The molecule has 7 rings (SSSR count). The van der Waals surface area contributed by atoms with Crippen molar-refractivity contribution in [2.45, 2.75) is 93.3 Å². The van der Waals surface area contributed by atoms with E-state index >= 15 is 0 Å². The summed E-state index contributed by atoms with van der Waals surface area (Å²) in [4.78, 5) is 25.3. The zero-order valence-corrected chi connectivity index (χ0v) is 21.3. The van der Waals surface area contributed by atoms with Crippen LogP contribution in [0.1, 0.15) is 40.5 Å². The van der Waals surface area contributed by atoms with Gasteiger partial charge in [-0.05, 0) is 44.9 Å². The Balaban J connectivity index is 1.38. The number of hydrogen-bond donors (Lipinski definition) is 4. The number of fused-ring (bicyclic) bond motifs is 5. The standard InChI is InChI=1S/C26H32O11/c1-20-10-13-16(22(3)24(31,35-13)7-6-21(2)25(22,32)17(27)19(29)37-21)23(4,30)26(20)14(36-26)9-12(20)11-8-15(33-5)34-18(11)28/h6-8,12-17,27,30-32H,9-10H2,1-5H3/t12-,13+,14+,15-,16+,17-,20-,21-,22-,23+,24-,25+,26+/m0/s1. The fourth-order valence-corrected chi connectivity index (χ4v) is 9.71. The number of cyclic esters (lactones) is 1. The predicted octanol–water partition coefficient (Wildman–Crippen LogP) is -0.552. The first-order valence-electron chi connectivity index (χ1n) is 12.7. The minimum Gasteiger partial charge on any atom is -0.450 e. The topological polar surface area (TPSA) is 165 Å². The number of epoxide rings is 1. The monoisotopic (exact) mass is 520 g/mol. The number of ether oxygens (including phenoxy) is 5. The number of aliphatic hydroxyl groups excluding tert-OH is 1. The molecule has 1 spiro atoms. The Labute approximate surface area is 213 Å². The van der Waals surface area contributed by atoms with Crippen LogP contribution in [-0.4, -0.2) is 92.3 Å². The van der Waals surface area contributed by atoms with Crippen LogP contribution in [0.4, 0.5) is 0 Å². The van der Waals surface area contributed by atoms with Gasteiger partial charge in [-0.2, -0.15) is 0 Å². The molecular weight excluding hydrogens is 488 g/mol. The minimum absolute atomic E-state index is 0.265. The van der Waals surface area contributed by atoms with Crippen LogP contribution in [0.15, 0.2) is 23.8 Å². The summed E-state index contributed by atoms with van der Waals surface area (Å²) in [6.45, 7) is 6.50. The van der Waals surface area contributed by atoms with Gasteiger partial charge in [0.1, 0.15) is 11.2 Å². The Morgan fingerprint density at radius 2 is 1.76 bits per heavy atom. The van der Waals surface area contributed by atoms with Gasteiger partial charge in [-0.25, -0.2) is 9.59 Å². The van der Waals surface area contributed by atoms with Crippen molar-refractivity contribution >= 4 is 11.9 Å². The van der Waals surface area contributed by atoms with Gasteiger partial charge in [-0.15, -0.1) is 0 Å². The highest BCUT2D eigenvalue weighted by Gasteiger charge is 2.92. The van der Waals surface area contributed by atoms with Crippen molar-refractivity contribution in [3.63, 3.8) is 0 Å². The first-order valence-corrected chi connectivity index (χ1v) is 12.7. The van der Waals surface area contributed by atoms with Gasteiger partial charge < -0.3 is 44.1 Å². The largest absolute Gasteiger partial charge is 0.450 e. The number of methoxy groups -OCH3 is 1. The molecule has 0 radical (unpaired) electrons. The molecule has 11 nitrogen and oxygen atoms in total. The molecule has 4 heterocycles. The summed E-state index contributed by atoms with van der Waals surface area (Å²) < 4.78 is 28.5. The van der Waals surface area contributed by atoms with E-state index in [0.717, 1.165) is 0 Å². The third-order valence-electron chi connectivity index (χ3n) is 11.3. The second kappa shape index (κ2) is 6.30. The lowest BCUT2D eigenvalue weighted by Crippen LogP contribution is -2.77. The van der Waals surface area contributed by atoms with E-state index in [9.17, 15) is 30.0 Å². The van der Waals surface area contributed by atoms with Crippen LogP contribution in [0.2, 0.25) is 0 Å². The molecule has 37 heavy (non-hydrogen) atoms. The highest BCUT2D eigenvalue weighted by atomic mass is 16.7. The van der Waals surface area contributed by atoms with E-state index in [4.69, 9.17) is 23.7 Å². The summed E-state index contributed by atoms with van der Waals surface area (Å²) in [5, 5.41) is 47.5. The number of aliphatic hydroxyl groups is 4. The summed E-state index contributed by atoms with van der Waals surface area (Å²) in [7, 11) is 1.44. The summed E-state index contributed by atoms with van der Waals surface area (Å²) in [6.07, 6.45) is 1.02. The van der Waals surface area contributed by atoms with Crippen molar-refractivity contribution in [1.29, 1.82) is 0 Å². The van der Waals surface area contributed by atoms with E-state index in [1.54, 1.807) is 13.0 Å². The Morgan fingerprint density at radius 1 is 1.05 bits per heavy atom. The number of hydrogen-bond acceptors (Lipinski definition) is 11. The highest BCUT2D eigenvalue weighted by molar-refractivity contribution is 5.91. The van der Waals surface area contributed by atoms with Crippen LogP contribution in [-0.2, 0) is 33.3 Å². The molecule has 3 saturated heterocycles. The van der Waals surface area contributed by atoms with Crippen molar-refractivity contribution in [2.75, 3.05) is 7.11 Å². The van der Waals surface area contributed by atoms with E-state index in [2.05, 4.69) is 0 Å². The lowest BCUT2D eigenvalue weighted by molar-refractivity contribution is -0.300. The average molecular weight is 521 g/mol. The van der Waals surface area contributed by atoms with Crippen molar-refractivity contribution in [1.82, 2.24) is 0 Å². The maximum atomic E-state index is 12.8. The molecule has 0 bridgehead atoms. The lowest BCUT2D eigenvalue weighted by Gasteiger charge is -2.61. The minimum atomic E-state index is -2.33. The molecule has 202 valence electrons. The quantitative estimate of drug-likeness (QED) is 0.210. The van der Waals surface area contributed by atoms with Gasteiger partial charge in [0.05, 0.1) is 17.6 Å². The highest BCUT2D eigenvalue weighted by Crippen LogP contribution is 2.80. The van der Waals surface area contributed by atoms with Crippen LogP contribution in [0.5, 0.6) is 0 Å². The molecule has 0 aromatic rings. The van der Waals surface area contributed by atoms with Gasteiger partial charge in [0.25, 0.3) is 0 Å². The smallest absolute Gasteiger partial charge is 0.339 e. The molecule has 0 amide bonds. The first-order chi connectivity index (χ1) is 17.1. The summed E-state index contributed by atoms with van der Waals surface area (Å²) in [5.41, 5.74) is -9.02. The van der Waals surface area contributed by atoms with Gasteiger partial charge in [0.2, 0.25) is 6.29 Å². The number of esters is 2. The van der Waals surface area contributed by atoms with Gasteiger partial charge in [0.15, 0.2) is 23.1 Å². The molecule has 5 fully saturated rings. The molecule has 3 aliphatic carbocycles. The van der Waals surface area contributed by atoms with E-state index < -0.39 is 81.5 Å². The van der Waals surface area contributed by atoms with E-state index in [0.29, 0.717) is 12.0 Å². The fourth-order valence-electron chi connectivity index (χ4n) is 9.71. The van der Waals surface area contributed by atoms with Crippen molar-refractivity contribution < 1.29 is 53.7 Å². The molecule has 11 heteroatoms. The molecule has 0 aromatic carbocycles. The van der Waals surface area contributed by atoms with Crippen molar-refractivity contribution in [3.8, 4) is 0 Å². The summed E-state index contributed by atoms with van der Waals surface area (Å²) in [6, 6.07) is 0. The predicted molar refractivity (Wildman–Crippen MR) is 120 cm³/mol. The lowest BCUT2D eigenvalue weighted by atomic mass is 9.43. The maximum Gasteiger partial charge on any atom is 0.339 e. The van der Waals surface area contributed by atoms with Crippen LogP contribution in [0.3, 0.4) is 0 Å². The molecule has 4 aliphatic heterocycles. The maximum absolute atomic E-state index is 12.8. The Morgan fingerprint density at radius 3 is 2.41 bits per heavy atom. The van der Waals surface area contributed by atoms with Crippen molar-refractivity contribution in [3.05, 3.63) is 23.8 Å². The summed E-state index contributed by atoms with van der Waals surface area (Å²) in [5.74, 6) is -4.99. The molecule has 13 atom stereocenters. The number of carbonyl (C=O) groups is 2. The third kappa shape index (κ3) is 2.15. The second-order valence-electron chi connectivity index (χ2n) is 12.6. The van der Waals surface area contributed by atoms with Crippen LogP contribution < -0.4 is 0 Å².